The molecule has 2 saturated heterocycles. The normalized spacial score (nSPS) is 27.1. The summed E-state index contributed by atoms with van der Waals surface area (Å²) in [7, 11) is 1.64. The predicted octanol–water partition coefficient (Wildman–Crippen LogP) is 0.683. The number of methoxy groups -OCH3 is 1. The van der Waals surface area contributed by atoms with Crippen LogP contribution in [0.15, 0.2) is 24.5 Å². The molecule has 1 aromatic heterocycles. The molecular formula is C17H25N3O3. The van der Waals surface area contributed by atoms with Gasteiger partial charge in [-0.2, -0.15) is 0 Å². The van der Waals surface area contributed by atoms with Gasteiger partial charge >= 0.3 is 0 Å². The summed E-state index contributed by atoms with van der Waals surface area (Å²) < 4.78 is 10.7. The molecule has 0 bridgehead atoms. The van der Waals surface area contributed by atoms with Crippen molar-refractivity contribution in [2.24, 2.45) is 11.3 Å². The van der Waals surface area contributed by atoms with E-state index in [2.05, 4.69) is 27.3 Å². The van der Waals surface area contributed by atoms with Crippen LogP contribution in [0.2, 0.25) is 0 Å². The minimum atomic E-state index is -0.0375. The Morgan fingerprint density at radius 2 is 2.35 bits per heavy atom. The fourth-order valence-electron chi connectivity index (χ4n) is 3.73. The summed E-state index contributed by atoms with van der Waals surface area (Å²) in [5.41, 5.74) is 1.23. The third-order valence-electron chi connectivity index (χ3n) is 4.89. The Balaban J connectivity index is 1.58. The number of carbonyl (C=O) groups is 1. The maximum Gasteiger partial charge on any atom is 0.220 e. The van der Waals surface area contributed by atoms with Gasteiger partial charge in [0.05, 0.1) is 19.8 Å². The molecule has 3 heterocycles. The highest BCUT2D eigenvalue weighted by Gasteiger charge is 2.51. The average molecular weight is 319 g/mol. The van der Waals surface area contributed by atoms with Crippen LogP contribution < -0.4 is 5.32 Å². The summed E-state index contributed by atoms with van der Waals surface area (Å²) >= 11 is 0. The Labute approximate surface area is 137 Å². The third-order valence-corrected chi connectivity index (χ3v) is 4.89. The summed E-state index contributed by atoms with van der Waals surface area (Å²) in [5.74, 6) is 0.542. The molecule has 0 unspecified atom stereocenters. The van der Waals surface area contributed by atoms with E-state index in [0.29, 0.717) is 32.1 Å². The average Bonchev–Trinajstić information content (AvgIpc) is 3.04. The zero-order chi connectivity index (χ0) is 16.1. The Kier molecular flexibility index (Phi) is 5.25. The second-order valence-corrected chi connectivity index (χ2v) is 6.62. The van der Waals surface area contributed by atoms with E-state index in [-0.39, 0.29) is 11.3 Å². The molecule has 0 aliphatic carbocycles. The zero-order valence-corrected chi connectivity index (χ0v) is 13.7. The van der Waals surface area contributed by atoms with E-state index >= 15 is 0 Å². The van der Waals surface area contributed by atoms with Crippen LogP contribution in [0.4, 0.5) is 0 Å². The molecule has 2 aliphatic rings. The summed E-state index contributed by atoms with van der Waals surface area (Å²) in [6.45, 7) is 5.38. The smallest absolute Gasteiger partial charge is 0.220 e. The highest BCUT2D eigenvalue weighted by atomic mass is 16.5. The third kappa shape index (κ3) is 3.88. The molecule has 2 aliphatic heterocycles. The number of ether oxygens (including phenoxy) is 2. The first-order valence-corrected chi connectivity index (χ1v) is 8.16. The number of nitrogens with one attached hydrogen (secondary N) is 1. The molecule has 1 aromatic rings. The molecule has 0 spiro atoms. The van der Waals surface area contributed by atoms with Crippen LogP contribution in [-0.2, 0) is 20.8 Å². The summed E-state index contributed by atoms with van der Waals surface area (Å²) in [6, 6.07) is 4.10. The fraction of sp³-hybridized carbons (Fsp3) is 0.647. The van der Waals surface area contributed by atoms with Crippen molar-refractivity contribution in [3.8, 4) is 0 Å². The van der Waals surface area contributed by atoms with E-state index in [1.165, 1.54) is 5.56 Å². The van der Waals surface area contributed by atoms with Crippen LogP contribution in [0.25, 0.3) is 0 Å². The van der Waals surface area contributed by atoms with Crippen LogP contribution in [-0.4, -0.2) is 62.4 Å². The SMILES string of the molecule is COCCNC(=O)C[C@@]12COC[C@@H]1CN(Cc1ccncc1)C2. The molecular weight excluding hydrogens is 294 g/mol. The number of aromatic nitrogens is 1. The first-order valence-electron chi connectivity index (χ1n) is 8.16. The van der Waals surface area contributed by atoms with Crippen molar-refractivity contribution in [1.82, 2.24) is 15.2 Å². The quantitative estimate of drug-likeness (QED) is 0.749. The summed E-state index contributed by atoms with van der Waals surface area (Å²) in [6.07, 6.45) is 4.19. The van der Waals surface area contributed by atoms with Gasteiger partial charge in [-0.15, -0.1) is 0 Å². The van der Waals surface area contributed by atoms with Gasteiger partial charge in [0.1, 0.15) is 0 Å². The largest absolute Gasteiger partial charge is 0.383 e. The topological polar surface area (TPSA) is 63.7 Å². The van der Waals surface area contributed by atoms with E-state index in [9.17, 15) is 4.79 Å². The lowest BCUT2D eigenvalue weighted by Crippen LogP contribution is -2.38. The van der Waals surface area contributed by atoms with Crippen molar-refractivity contribution in [2.75, 3.05) is 46.6 Å². The summed E-state index contributed by atoms with van der Waals surface area (Å²) in [4.78, 5) is 18.7. The predicted molar refractivity (Wildman–Crippen MR) is 85.8 cm³/mol. The van der Waals surface area contributed by atoms with Gasteiger partial charge in [0, 0.05) is 63.4 Å². The molecule has 6 nitrogen and oxygen atoms in total. The monoisotopic (exact) mass is 319 g/mol. The molecule has 126 valence electrons. The first kappa shape index (κ1) is 16.4. The Hall–Kier alpha value is -1.50. The number of pyridine rings is 1. The van der Waals surface area contributed by atoms with Crippen molar-refractivity contribution in [1.29, 1.82) is 0 Å². The number of hydrogen-bond acceptors (Lipinski definition) is 5. The summed E-state index contributed by atoms with van der Waals surface area (Å²) in [5, 5.41) is 2.94. The number of amides is 1. The lowest BCUT2D eigenvalue weighted by Gasteiger charge is -2.26. The molecule has 0 radical (unpaired) electrons. The van der Waals surface area contributed by atoms with Gasteiger partial charge in [0.25, 0.3) is 0 Å². The number of carbonyl (C=O) groups excluding carboxylic acids is 1. The second-order valence-electron chi connectivity index (χ2n) is 6.62. The van der Waals surface area contributed by atoms with E-state index < -0.39 is 0 Å². The van der Waals surface area contributed by atoms with Crippen LogP contribution in [0.1, 0.15) is 12.0 Å². The van der Waals surface area contributed by atoms with Gasteiger partial charge in [-0.3, -0.25) is 14.7 Å². The molecule has 0 saturated carbocycles. The maximum atomic E-state index is 12.2. The van der Waals surface area contributed by atoms with Gasteiger partial charge < -0.3 is 14.8 Å². The van der Waals surface area contributed by atoms with Gasteiger partial charge in [-0.05, 0) is 17.7 Å². The Bertz CT molecular complexity index is 525. The van der Waals surface area contributed by atoms with Gasteiger partial charge in [0.15, 0.2) is 0 Å². The molecule has 1 N–H and O–H groups in total. The highest BCUT2D eigenvalue weighted by molar-refractivity contribution is 5.76. The molecule has 2 atom stereocenters. The van der Waals surface area contributed by atoms with Gasteiger partial charge in [0.2, 0.25) is 5.91 Å². The zero-order valence-electron chi connectivity index (χ0n) is 13.7. The van der Waals surface area contributed by atoms with Crippen LogP contribution in [0.5, 0.6) is 0 Å². The number of likely N-dealkylation sites (tertiary alicyclic amines) is 1. The lowest BCUT2D eigenvalue weighted by atomic mass is 9.78. The minimum absolute atomic E-state index is 0.0375. The number of fused-ring (bicyclic) bond motifs is 1. The van der Waals surface area contributed by atoms with E-state index in [1.807, 2.05) is 12.4 Å². The van der Waals surface area contributed by atoms with Crippen LogP contribution in [0.3, 0.4) is 0 Å². The van der Waals surface area contributed by atoms with Gasteiger partial charge in [-0.1, -0.05) is 0 Å². The van der Waals surface area contributed by atoms with E-state index in [4.69, 9.17) is 9.47 Å². The number of nitrogens with zero attached hydrogens (tertiary/aromatic N) is 2. The van der Waals surface area contributed by atoms with Crippen molar-refractivity contribution in [2.45, 2.75) is 13.0 Å². The standard InChI is InChI=1S/C17H25N3O3/c1-22-7-6-19-16(21)8-17-12-20(10-15(17)11-23-13-17)9-14-2-4-18-5-3-14/h2-5,15H,6-13H2,1H3,(H,19,21)/t15-,17+/m0/s1. The van der Waals surface area contributed by atoms with Crippen LogP contribution >= 0.6 is 0 Å². The highest BCUT2D eigenvalue weighted by Crippen LogP contribution is 2.44. The Morgan fingerprint density at radius 1 is 1.52 bits per heavy atom. The molecule has 2 fully saturated rings. The Morgan fingerprint density at radius 3 is 3.13 bits per heavy atom. The second kappa shape index (κ2) is 7.38. The van der Waals surface area contributed by atoms with Crippen LogP contribution in [0, 0.1) is 11.3 Å². The number of rotatable bonds is 7. The molecule has 1 amide bonds. The molecule has 0 aromatic carbocycles. The molecule has 23 heavy (non-hydrogen) atoms. The maximum absolute atomic E-state index is 12.2. The minimum Gasteiger partial charge on any atom is -0.383 e. The first-order chi connectivity index (χ1) is 11.2. The van der Waals surface area contributed by atoms with Crippen molar-refractivity contribution < 1.29 is 14.3 Å². The van der Waals surface area contributed by atoms with Crippen molar-refractivity contribution in [3.63, 3.8) is 0 Å². The molecule has 6 heteroatoms. The number of hydrogen-bond donors (Lipinski definition) is 1. The fourth-order valence-corrected chi connectivity index (χ4v) is 3.73. The lowest BCUT2D eigenvalue weighted by molar-refractivity contribution is -0.123. The van der Waals surface area contributed by atoms with Crippen molar-refractivity contribution >= 4 is 5.91 Å². The van der Waals surface area contributed by atoms with E-state index in [0.717, 1.165) is 26.2 Å². The molecule has 3 rings (SSSR count). The van der Waals surface area contributed by atoms with Gasteiger partial charge in [-0.25, -0.2) is 0 Å². The van der Waals surface area contributed by atoms with E-state index in [1.54, 1.807) is 7.11 Å². The van der Waals surface area contributed by atoms with Crippen molar-refractivity contribution in [3.05, 3.63) is 30.1 Å².